The van der Waals surface area contributed by atoms with Crippen LogP contribution in [0.1, 0.15) is 12.8 Å². The quantitative estimate of drug-likeness (QED) is 0.651. The lowest BCUT2D eigenvalue weighted by Crippen LogP contribution is -2.38. The Bertz CT molecular complexity index is 321. The molecule has 2 N–H and O–H groups in total. The van der Waals surface area contributed by atoms with E-state index < -0.39 is 29.7 Å². The minimum absolute atomic E-state index is 0.0834. The van der Waals surface area contributed by atoms with E-state index in [1.54, 1.807) is 0 Å². The Labute approximate surface area is 79.7 Å². The van der Waals surface area contributed by atoms with Crippen LogP contribution in [0, 0.1) is 23.7 Å². The molecule has 2 rings (SSSR count). The van der Waals surface area contributed by atoms with Crippen molar-refractivity contribution < 1.29 is 24.6 Å². The summed E-state index contributed by atoms with van der Waals surface area (Å²) in [6, 6.07) is 0. The minimum Gasteiger partial charge on any atom is -0.481 e. The van der Waals surface area contributed by atoms with Crippen LogP contribution in [-0.4, -0.2) is 27.9 Å². The third-order valence-electron chi connectivity index (χ3n) is 3.33. The molecule has 2 aliphatic rings. The van der Waals surface area contributed by atoms with Crippen LogP contribution in [-0.2, 0) is 14.4 Å². The summed E-state index contributed by atoms with van der Waals surface area (Å²) in [6.07, 6.45) is 0.679. The number of ketones is 1. The fraction of sp³-hybridized carbons (Fsp3) is 0.667. The molecule has 0 aromatic heterocycles. The van der Waals surface area contributed by atoms with Gasteiger partial charge in [-0.25, -0.2) is 0 Å². The van der Waals surface area contributed by atoms with E-state index in [9.17, 15) is 14.4 Å². The topological polar surface area (TPSA) is 91.7 Å². The van der Waals surface area contributed by atoms with Crippen molar-refractivity contribution in [3.63, 3.8) is 0 Å². The number of carboxylic acids is 2. The van der Waals surface area contributed by atoms with Gasteiger partial charge in [0.2, 0.25) is 0 Å². The van der Waals surface area contributed by atoms with Gasteiger partial charge in [0.1, 0.15) is 5.78 Å². The molecule has 0 unspecified atom stereocenters. The van der Waals surface area contributed by atoms with Crippen molar-refractivity contribution in [1.29, 1.82) is 0 Å². The number of hydrogen-bond donors (Lipinski definition) is 2. The number of Topliss-reactive ketones (excluding diaryl/α,β-unsaturated/α-hetero) is 1. The lowest BCUT2D eigenvalue weighted by atomic mass is 9.79. The molecule has 76 valence electrons. The fourth-order valence-electron chi connectivity index (χ4n) is 2.80. The van der Waals surface area contributed by atoms with E-state index in [0.717, 1.165) is 0 Å². The minimum atomic E-state index is -1.15. The van der Waals surface area contributed by atoms with E-state index in [0.29, 0.717) is 6.42 Å². The SMILES string of the molecule is O=C(O)[C@@H]1[C@@H]2CC(=O)[C@@H](C2)[C@@H]1C(=O)O. The van der Waals surface area contributed by atoms with Gasteiger partial charge in [0, 0.05) is 12.3 Å². The molecule has 0 aromatic carbocycles. The van der Waals surface area contributed by atoms with Crippen molar-refractivity contribution in [2.24, 2.45) is 23.7 Å². The molecular weight excluding hydrogens is 188 g/mol. The number of aliphatic carboxylic acids is 2. The van der Waals surface area contributed by atoms with Crippen molar-refractivity contribution in [2.45, 2.75) is 12.8 Å². The van der Waals surface area contributed by atoms with Crippen molar-refractivity contribution in [3.8, 4) is 0 Å². The number of carboxylic acid groups (broad SMARTS) is 2. The molecule has 0 aliphatic heterocycles. The molecule has 2 aliphatic carbocycles. The molecule has 0 heterocycles. The predicted molar refractivity (Wildman–Crippen MR) is 43.5 cm³/mol. The molecule has 2 saturated carbocycles. The van der Waals surface area contributed by atoms with E-state index >= 15 is 0 Å². The largest absolute Gasteiger partial charge is 0.481 e. The van der Waals surface area contributed by atoms with E-state index in [1.807, 2.05) is 0 Å². The maximum atomic E-state index is 11.3. The summed E-state index contributed by atoms with van der Waals surface area (Å²) in [5.74, 6) is -5.01. The third kappa shape index (κ3) is 1.05. The smallest absolute Gasteiger partial charge is 0.308 e. The van der Waals surface area contributed by atoms with Crippen LogP contribution in [0.25, 0.3) is 0 Å². The van der Waals surface area contributed by atoms with Crippen LogP contribution in [0.3, 0.4) is 0 Å². The number of carbonyl (C=O) groups is 3. The van der Waals surface area contributed by atoms with Crippen molar-refractivity contribution >= 4 is 17.7 Å². The highest BCUT2D eigenvalue weighted by atomic mass is 16.4. The standard InChI is InChI=1S/C9H10O5/c10-5-2-3-1-4(5)7(9(13)14)6(3)8(11)12/h3-4,6-7H,1-2H2,(H,11,12)(H,13,14)/t3-,4+,6+,7-/m0/s1. The van der Waals surface area contributed by atoms with Gasteiger partial charge in [0.15, 0.2) is 0 Å². The summed E-state index contributed by atoms with van der Waals surface area (Å²) in [5.41, 5.74) is 0. The number of hydrogen-bond acceptors (Lipinski definition) is 3. The van der Waals surface area contributed by atoms with Gasteiger partial charge in [-0.2, -0.15) is 0 Å². The first-order chi connectivity index (χ1) is 6.52. The highest BCUT2D eigenvalue weighted by molar-refractivity contribution is 5.94. The maximum Gasteiger partial charge on any atom is 0.308 e. The maximum absolute atomic E-state index is 11.3. The lowest BCUT2D eigenvalue weighted by Gasteiger charge is -2.23. The first-order valence-electron chi connectivity index (χ1n) is 4.50. The van der Waals surface area contributed by atoms with Crippen molar-refractivity contribution in [3.05, 3.63) is 0 Å². The van der Waals surface area contributed by atoms with Gasteiger partial charge in [0.25, 0.3) is 0 Å². The fourth-order valence-corrected chi connectivity index (χ4v) is 2.80. The molecule has 2 bridgehead atoms. The van der Waals surface area contributed by atoms with Gasteiger partial charge in [-0.3, -0.25) is 14.4 Å². The summed E-state index contributed by atoms with van der Waals surface area (Å²) in [6.45, 7) is 0. The number of rotatable bonds is 2. The Morgan fingerprint density at radius 1 is 1.14 bits per heavy atom. The van der Waals surface area contributed by atoms with E-state index in [-0.39, 0.29) is 18.1 Å². The molecule has 0 spiro atoms. The van der Waals surface area contributed by atoms with E-state index in [2.05, 4.69) is 0 Å². The Morgan fingerprint density at radius 2 is 1.71 bits per heavy atom. The van der Waals surface area contributed by atoms with Crippen LogP contribution in [0.2, 0.25) is 0 Å². The highest BCUT2D eigenvalue weighted by Crippen LogP contribution is 2.50. The Balaban J connectivity index is 2.32. The molecule has 0 radical (unpaired) electrons. The molecule has 0 amide bonds. The molecule has 0 aromatic rings. The Kier molecular flexibility index (Phi) is 1.83. The molecule has 5 heteroatoms. The van der Waals surface area contributed by atoms with Gasteiger partial charge in [-0.1, -0.05) is 0 Å². The summed E-state index contributed by atoms with van der Waals surface area (Å²) in [4.78, 5) is 32.9. The molecule has 0 saturated heterocycles. The van der Waals surface area contributed by atoms with Crippen LogP contribution >= 0.6 is 0 Å². The summed E-state index contributed by atoms with van der Waals surface area (Å²) in [5, 5.41) is 17.7. The normalized spacial score (nSPS) is 40.1. The van der Waals surface area contributed by atoms with Gasteiger partial charge in [-0.15, -0.1) is 0 Å². The zero-order chi connectivity index (χ0) is 10.5. The zero-order valence-electron chi connectivity index (χ0n) is 7.34. The molecule has 4 atom stereocenters. The second-order valence-electron chi connectivity index (χ2n) is 4.00. The van der Waals surface area contributed by atoms with Gasteiger partial charge in [-0.05, 0) is 12.3 Å². The van der Waals surface area contributed by atoms with E-state index in [4.69, 9.17) is 10.2 Å². The summed E-state index contributed by atoms with van der Waals surface area (Å²) < 4.78 is 0. The van der Waals surface area contributed by atoms with Crippen molar-refractivity contribution in [2.75, 3.05) is 0 Å². The monoisotopic (exact) mass is 198 g/mol. The second kappa shape index (κ2) is 2.80. The van der Waals surface area contributed by atoms with Crippen LogP contribution in [0.5, 0.6) is 0 Å². The molecule has 5 nitrogen and oxygen atoms in total. The van der Waals surface area contributed by atoms with Crippen LogP contribution in [0.15, 0.2) is 0 Å². The predicted octanol–water partition coefficient (Wildman–Crippen LogP) is -0.00310. The van der Waals surface area contributed by atoms with Crippen molar-refractivity contribution in [1.82, 2.24) is 0 Å². The summed E-state index contributed by atoms with van der Waals surface area (Å²) >= 11 is 0. The molecular formula is C9H10O5. The van der Waals surface area contributed by atoms with Crippen LogP contribution in [0.4, 0.5) is 0 Å². The average molecular weight is 198 g/mol. The number of carbonyl (C=O) groups excluding carboxylic acids is 1. The summed E-state index contributed by atoms with van der Waals surface area (Å²) in [7, 11) is 0. The van der Waals surface area contributed by atoms with Crippen LogP contribution < -0.4 is 0 Å². The molecule has 14 heavy (non-hydrogen) atoms. The Morgan fingerprint density at radius 3 is 2.21 bits per heavy atom. The third-order valence-corrected chi connectivity index (χ3v) is 3.33. The lowest BCUT2D eigenvalue weighted by molar-refractivity contribution is -0.158. The highest BCUT2D eigenvalue weighted by Gasteiger charge is 2.58. The Hall–Kier alpha value is -1.39. The first-order valence-corrected chi connectivity index (χ1v) is 4.50. The van der Waals surface area contributed by atoms with Gasteiger partial charge >= 0.3 is 11.9 Å². The zero-order valence-corrected chi connectivity index (χ0v) is 7.34. The van der Waals surface area contributed by atoms with Gasteiger partial charge in [0.05, 0.1) is 11.8 Å². The first kappa shape index (κ1) is 9.18. The van der Waals surface area contributed by atoms with Gasteiger partial charge < -0.3 is 10.2 Å². The number of fused-ring (bicyclic) bond motifs is 2. The second-order valence-corrected chi connectivity index (χ2v) is 4.00. The molecule has 2 fully saturated rings. The average Bonchev–Trinajstić information content (AvgIpc) is 2.58. The van der Waals surface area contributed by atoms with E-state index in [1.165, 1.54) is 0 Å².